The Morgan fingerprint density at radius 2 is 2.05 bits per heavy atom. The zero-order chi connectivity index (χ0) is 15.2. The van der Waals surface area contributed by atoms with Gasteiger partial charge in [0.2, 0.25) is 11.8 Å². The number of hydrogen-bond donors (Lipinski definition) is 2. The number of rotatable bonds is 6. The highest BCUT2D eigenvalue weighted by Crippen LogP contribution is 2.27. The van der Waals surface area contributed by atoms with E-state index in [2.05, 4.69) is 28.8 Å². The van der Waals surface area contributed by atoms with Crippen LogP contribution in [0.5, 0.6) is 0 Å². The third-order valence-corrected chi connectivity index (χ3v) is 4.56. The fraction of sp³-hybridized carbons (Fsp3) is 0.500. The number of nitrogens with one attached hydrogen (secondary N) is 2. The number of aryl methyl sites for hydroxylation is 2. The van der Waals surface area contributed by atoms with Gasteiger partial charge in [-0.05, 0) is 56.4 Å². The molecule has 0 aliphatic heterocycles. The minimum atomic E-state index is -0.488. The van der Waals surface area contributed by atoms with Gasteiger partial charge in [0, 0.05) is 11.4 Å². The number of fused-ring (bicyclic) bond motifs is 1. The summed E-state index contributed by atoms with van der Waals surface area (Å²) < 4.78 is 0. The van der Waals surface area contributed by atoms with Crippen molar-refractivity contribution in [3.63, 3.8) is 0 Å². The number of thioether (sulfide) groups is 1. The largest absolute Gasteiger partial charge is 0.355 e. The summed E-state index contributed by atoms with van der Waals surface area (Å²) >= 11 is 1.52. The number of benzene rings is 1. The highest BCUT2D eigenvalue weighted by molar-refractivity contribution is 8.00. The zero-order valence-corrected chi connectivity index (χ0v) is 13.4. The molecule has 21 heavy (non-hydrogen) atoms. The Morgan fingerprint density at radius 1 is 1.29 bits per heavy atom. The Hall–Kier alpha value is -1.49. The molecule has 1 aromatic rings. The van der Waals surface area contributed by atoms with E-state index in [0.717, 1.165) is 11.3 Å². The van der Waals surface area contributed by atoms with Gasteiger partial charge < -0.3 is 10.6 Å². The Morgan fingerprint density at radius 3 is 2.81 bits per heavy atom. The molecule has 5 heteroatoms. The predicted molar refractivity (Wildman–Crippen MR) is 85.5 cm³/mol. The highest BCUT2D eigenvalue weighted by atomic mass is 32.2. The van der Waals surface area contributed by atoms with Crippen LogP contribution in [-0.4, -0.2) is 30.2 Å². The van der Waals surface area contributed by atoms with Crippen molar-refractivity contribution in [3.05, 3.63) is 29.3 Å². The Balaban J connectivity index is 1.80. The number of likely N-dealkylation sites (N-methyl/N-ethyl adjacent to an activating group) is 1. The van der Waals surface area contributed by atoms with Crippen LogP contribution in [0.3, 0.4) is 0 Å². The van der Waals surface area contributed by atoms with E-state index in [9.17, 15) is 9.59 Å². The molecule has 1 aliphatic carbocycles. The second-order valence-corrected chi connectivity index (χ2v) is 6.31. The van der Waals surface area contributed by atoms with E-state index in [1.807, 2.05) is 6.92 Å². The minimum Gasteiger partial charge on any atom is -0.355 e. The SMILES string of the molecule is CCNC(=O)[C@@H](C)NC(=O)CSc1ccc2c(c1)CCC2. The smallest absolute Gasteiger partial charge is 0.242 e. The summed E-state index contributed by atoms with van der Waals surface area (Å²) in [5, 5.41) is 5.41. The van der Waals surface area contributed by atoms with Gasteiger partial charge in [-0.15, -0.1) is 11.8 Å². The Kier molecular flexibility index (Phi) is 5.67. The molecule has 1 aliphatic rings. The van der Waals surface area contributed by atoms with E-state index in [4.69, 9.17) is 0 Å². The van der Waals surface area contributed by atoms with Crippen molar-refractivity contribution < 1.29 is 9.59 Å². The molecule has 2 amide bonds. The van der Waals surface area contributed by atoms with Crippen LogP contribution >= 0.6 is 11.8 Å². The van der Waals surface area contributed by atoms with Crippen LogP contribution in [0, 0.1) is 0 Å². The summed E-state index contributed by atoms with van der Waals surface area (Å²) in [4.78, 5) is 24.5. The maximum absolute atomic E-state index is 11.9. The fourth-order valence-corrected chi connectivity index (χ4v) is 3.23. The standard InChI is InChI=1S/C16H22N2O2S/c1-3-17-16(20)11(2)18-15(19)10-21-14-8-7-12-5-4-6-13(12)9-14/h7-9,11H,3-6,10H2,1-2H3,(H,17,20)(H,18,19)/t11-/m1/s1. The molecule has 1 aromatic carbocycles. The molecule has 2 rings (SSSR count). The molecule has 0 saturated heterocycles. The van der Waals surface area contributed by atoms with Gasteiger partial charge in [0.05, 0.1) is 5.75 Å². The molecule has 2 N–H and O–H groups in total. The van der Waals surface area contributed by atoms with Gasteiger partial charge >= 0.3 is 0 Å². The van der Waals surface area contributed by atoms with E-state index in [-0.39, 0.29) is 11.8 Å². The van der Waals surface area contributed by atoms with Crippen LogP contribution < -0.4 is 10.6 Å². The lowest BCUT2D eigenvalue weighted by molar-refractivity contribution is -0.127. The van der Waals surface area contributed by atoms with Crippen LogP contribution in [0.25, 0.3) is 0 Å². The first-order valence-corrected chi connectivity index (χ1v) is 8.40. The summed E-state index contributed by atoms with van der Waals surface area (Å²) in [7, 11) is 0. The van der Waals surface area contributed by atoms with Gasteiger partial charge in [-0.25, -0.2) is 0 Å². The molecular formula is C16H22N2O2S. The third kappa shape index (κ3) is 4.49. The summed E-state index contributed by atoms with van der Waals surface area (Å²) in [5.74, 6) is 0.0790. The molecule has 114 valence electrons. The second-order valence-electron chi connectivity index (χ2n) is 5.26. The quantitative estimate of drug-likeness (QED) is 0.789. The van der Waals surface area contributed by atoms with Gasteiger partial charge in [-0.2, -0.15) is 0 Å². The molecule has 0 aromatic heterocycles. The summed E-state index contributed by atoms with van der Waals surface area (Å²) in [6.07, 6.45) is 3.54. The molecular weight excluding hydrogens is 284 g/mol. The average molecular weight is 306 g/mol. The number of carbonyl (C=O) groups is 2. The van der Waals surface area contributed by atoms with Crippen molar-refractivity contribution in [1.29, 1.82) is 0 Å². The molecule has 0 heterocycles. The van der Waals surface area contributed by atoms with Crippen LogP contribution in [0.4, 0.5) is 0 Å². The average Bonchev–Trinajstić information content (AvgIpc) is 2.92. The van der Waals surface area contributed by atoms with Gasteiger partial charge in [-0.3, -0.25) is 9.59 Å². The topological polar surface area (TPSA) is 58.2 Å². The summed E-state index contributed by atoms with van der Waals surface area (Å²) in [6, 6.07) is 5.95. The lowest BCUT2D eigenvalue weighted by Gasteiger charge is -2.13. The van der Waals surface area contributed by atoms with Crippen molar-refractivity contribution in [1.82, 2.24) is 10.6 Å². The van der Waals surface area contributed by atoms with Crippen LogP contribution in [-0.2, 0) is 22.4 Å². The van der Waals surface area contributed by atoms with Crippen LogP contribution in [0.1, 0.15) is 31.4 Å². The van der Waals surface area contributed by atoms with Crippen molar-refractivity contribution in [2.75, 3.05) is 12.3 Å². The number of hydrogen-bond acceptors (Lipinski definition) is 3. The van der Waals surface area contributed by atoms with Crippen LogP contribution in [0.15, 0.2) is 23.1 Å². The van der Waals surface area contributed by atoms with E-state index in [1.54, 1.807) is 6.92 Å². The maximum atomic E-state index is 11.9. The summed E-state index contributed by atoms with van der Waals surface area (Å²) in [6.45, 7) is 4.13. The molecule has 0 spiro atoms. The summed E-state index contributed by atoms with van der Waals surface area (Å²) in [5.41, 5.74) is 2.85. The van der Waals surface area contributed by atoms with Gasteiger partial charge in [0.25, 0.3) is 0 Å². The molecule has 0 saturated carbocycles. The Labute approximate surface area is 130 Å². The molecule has 0 bridgehead atoms. The molecule has 4 nitrogen and oxygen atoms in total. The minimum absolute atomic E-state index is 0.112. The molecule has 0 radical (unpaired) electrons. The van der Waals surface area contributed by atoms with Crippen molar-refractivity contribution in [2.24, 2.45) is 0 Å². The van der Waals surface area contributed by atoms with Gasteiger partial charge in [0.1, 0.15) is 6.04 Å². The highest BCUT2D eigenvalue weighted by Gasteiger charge is 2.15. The maximum Gasteiger partial charge on any atom is 0.242 e. The Bertz CT molecular complexity index is 531. The molecule has 1 atom stereocenters. The predicted octanol–water partition coefficient (Wildman–Crippen LogP) is 1.91. The van der Waals surface area contributed by atoms with Crippen molar-refractivity contribution >= 4 is 23.6 Å². The van der Waals surface area contributed by atoms with E-state index < -0.39 is 6.04 Å². The number of amides is 2. The zero-order valence-electron chi connectivity index (χ0n) is 12.6. The first-order chi connectivity index (χ1) is 10.1. The first kappa shape index (κ1) is 15.9. The molecule has 0 unspecified atom stereocenters. The monoisotopic (exact) mass is 306 g/mol. The first-order valence-electron chi connectivity index (χ1n) is 7.42. The van der Waals surface area contributed by atoms with E-state index >= 15 is 0 Å². The lowest BCUT2D eigenvalue weighted by atomic mass is 10.1. The van der Waals surface area contributed by atoms with Gasteiger partial charge in [0.15, 0.2) is 0 Å². The van der Waals surface area contributed by atoms with E-state index in [0.29, 0.717) is 12.3 Å². The van der Waals surface area contributed by atoms with Crippen molar-refractivity contribution in [2.45, 2.75) is 44.0 Å². The fourth-order valence-electron chi connectivity index (χ4n) is 2.46. The third-order valence-electron chi connectivity index (χ3n) is 3.56. The van der Waals surface area contributed by atoms with Crippen LogP contribution in [0.2, 0.25) is 0 Å². The van der Waals surface area contributed by atoms with Crippen molar-refractivity contribution in [3.8, 4) is 0 Å². The molecule has 0 fully saturated rings. The number of carbonyl (C=O) groups excluding carboxylic acids is 2. The van der Waals surface area contributed by atoms with Gasteiger partial charge in [-0.1, -0.05) is 6.07 Å². The lowest BCUT2D eigenvalue weighted by Crippen LogP contribution is -2.45. The second kappa shape index (κ2) is 7.50. The van der Waals surface area contributed by atoms with E-state index in [1.165, 1.54) is 35.7 Å². The normalized spacial score (nSPS) is 14.4.